The monoisotopic (exact) mass is 250 g/mol. The van der Waals surface area contributed by atoms with Crippen LogP contribution in [0.1, 0.15) is 19.4 Å². The maximum atomic E-state index is 11.7. The molecule has 18 heavy (non-hydrogen) atoms. The van der Waals surface area contributed by atoms with Gasteiger partial charge in [-0.3, -0.25) is 9.69 Å². The van der Waals surface area contributed by atoms with Gasteiger partial charge < -0.3 is 10.5 Å². The summed E-state index contributed by atoms with van der Waals surface area (Å²) in [5.41, 5.74) is 6.51. The van der Waals surface area contributed by atoms with E-state index in [0.29, 0.717) is 26.2 Å². The van der Waals surface area contributed by atoms with E-state index in [4.69, 9.17) is 10.5 Å². The fourth-order valence-corrected chi connectivity index (χ4v) is 1.64. The molecule has 0 heterocycles. The van der Waals surface area contributed by atoms with Crippen LogP contribution >= 0.6 is 0 Å². The SMILES string of the molecule is CC(C)N(CCN)CC(=O)OCc1ccccc1. The van der Waals surface area contributed by atoms with Crippen LogP contribution in [0.3, 0.4) is 0 Å². The highest BCUT2D eigenvalue weighted by Gasteiger charge is 2.14. The molecule has 1 rings (SSSR count). The Morgan fingerprint density at radius 3 is 2.56 bits per heavy atom. The van der Waals surface area contributed by atoms with Crippen molar-refractivity contribution >= 4 is 5.97 Å². The van der Waals surface area contributed by atoms with E-state index in [2.05, 4.69) is 0 Å². The van der Waals surface area contributed by atoms with E-state index in [-0.39, 0.29) is 12.0 Å². The van der Waals surface area contributed by atoms with Gasteiger partial charge in [-0.15, -0.1) is 0 Å². The first-order chi connectivity index (χ1) is 8.63. The van der Waals surface area contributed by atoms with Gasteiger partial charge in [0, 0.05) is 19.1 Å². The number of esters is 1. The van der Waals surface area contributed by atoms with Gasteiger partial charge in [0.1, 0.15) is 6.61 Å². The van der Waals surface area contributed by atoms with Gasteiger partial charge >= 0.3 is 5.97 Å². The molecule has 0 atom stereocenters. The third-order valence-corrected chi connectivity index (χ3v) is 2.72. The first kappa shape index (κ1) is 14.7. The topological polar surface area (TPSA) is 55.6 Å². The first-order valence-corrected chi connectivity index (χ1v) is 6.27. The van der Waals surface area contributed by atoms with E-state index >= 15 is 0 Å². The Bertz CT molecular complexity index is 352. The molecule has 4 nitrogen and oxygen atoms in total. The molecule has 0 radical (unpaired) electrons. The maximum absolute atomic E-state index is 11.7. The van der Waals surface area contributed by atoms with Crippen molar-refractivity contribution in [1.29, 1.82) is 0 Å². The molecule has 0 aliphatic heterocycles. The summed E-state index contributed by atoms with van der Waals surface area (Å²) < 4.78 is 5.23. The van der Waals surface area contributed by atoms with Gasteiger partial charge in [0.15, 0.2) is 0 Å². The lowest BCUT2D eigenvalue weighted by atomic mass is 10.2. The smallest absolute Gasteiger partial charge is 0.320 e. The van der Waals surface area contributed by atoms with Crippen molar-refractivity contribution in [2.45, 2.75) is 26.5 Å². The molecule has 0 saturated carbocycles. The van der Waals surface area contributed by atoms with E-state index in [1.165, 1.54) is 0 Å². The average Bonchev–Trinajstić information content (AvgIpc) is 2.37. The largest absolute Gasteiger partial charge is 0.460 e. The summed E-state index contributed by atoms with van der Waals surface area (Å²) in [6.45, 7) is 5.96. The second-order valence-electron chi connectivity index (χ2n) is 4.50. The molecule has 0 aromatic heterocycles. The normalized spacial score (nSPS) is 10.9. The van der Waals surface area contributed by atoms with Crippen molar-refractivity contribution in [2.24, 2.45) is 5.73 Å². The standard InChI is InChI=1S/C14H22N2O2/c1-12(2)16(9-8-15)10-14(17)18-11-13-6-4-3-5-7-13/h3-7,12H,8-11,15H2,1-2H3. The van der Waals surface area contributed by atoms with E-state index in [1.807, 2.05) is 49.1 Å². The van der Waals surface area contributed by atoms with Crippen LogP contribution in [0.5, 0.6) is 0 Å². The van der Waals surface area contributed by atoms with Gasteiger partial charge in [0.2, 0.25) is 0 Å². The number of hydrogen-bond donors (Lipinski definition) is 1. The summed E-state index contributed by atoms with van der Waals surface area (Å²) in [7, 11) is 0. The summed E-state index contributed by atoms with van der Waals surface area (Å²) in [6.07, 6.45) is 0. The lowest BCUT2D eigenvalue weighted by Gasteiger charge is -2.24. The Morgan fingerprint density at radius 1 is 1.33 bits per heavy atom. The molecule has 2 N–H and O–H groups in total. The van der Waals surface area contributed by atoms with Gasteiger partial charge in [0.25, 0.3) is 0 Å². The number of nitrogens with two attached hydrogens (primary N) is 1. The Balaban J connectivity index is 2.36. The predicted molar refractivity (Wildman–Crippen MR) is 72.0 cm³/mol. The minimum atomic E-state index is -0.207. The Hall–Kier alpha value is -1.39. The van der Waals surface area contributed by atoms with E-state index in [1.54, 1.807) is 0 Å². The van der Waals surface area contributed by atoms with Gasteiger partial charge in [-0.05, 0) is 19.4 Å². The van der Waals surface area contributed by atoms with Crippen LogP contribution in [0, 0.1) is 0 Å². The minimum absolute atomic E-state index is 0.207. The number of carbonyl (C=O) groups is 1. The summed E-state index contributed by atoms with van der Waals surface area (Å²) in [4.78, 5) is 13.7. The molecule has 100 valence electrons. The van der Waals surface area contributed by atoms with Gasteiger partial charge in [-0.2, -0.15) is 0 Å². The Kier molecular flexibility index (Phi) is 6.39. The van der Waals surface area contributed by atoms with Crippen LogP contribution in [-0.2, 0) is 16.1 Å². The van der Waals surface area contributed by atoms with Gasteiger partial charge in [0.05, 0.1) is 6.54 Å². The van der Waals surface area contributed by atoms with Crippen molar-refractivity contribution in [3.63, 3.8) is 0 Å². The molecular formula is C14H22N2O2. The minimum Gasteiger partial charge on any atom is -0.460 e. The second-order valence-corrected chi connectivity index (χ2v) is 4.50. The number of benzene rings is 1. The molecule has 0 aliphatic rings. The zero-order valence-electron chi connectivity index (χ0n) is 11.1. The fourth-order valence-electron chi connectivity index (χ4n) is 1.64. The number of nitrogens with zero attached hydrogens (tertiary/aromatic N) is 1. The lowest BCUT2D eigenvalue weighted by molar-refractivity contribution is -0.146. The predicted octanol–water partition coefficient (Wildman–Crippen LogP) is 1.40. The van der Waals surface area contributed by atoms with E-state index in [9.17, 15) is 4.79 Å². The maximum Gasteiger partial charge on any atom is 0.320 e. The van der Waals surface area contributed by atoms with Crippen molar-refractivity contribution in [2.75, 3.05) is 19.6 Å². The molecule has 0 amide bonds. The van der Waals surface area contributed by atoms with Crippen molar-refractivity contribution in [3.05, 3.63) is 35.9 Å². The molecule has 1 aromatic rings. The van der Waals surface area contributed by atoms with Gasteiger partial charge in [-0.1, -0.05) is 30.3 Å². The quantitative estimate of drug-likeness (QED) is 0.743. The van der Waals surface area contributed by atoms with Crippen molar-refractivity contribution in [3.8, 4) is 0 Å². The van der Waals surface area contributed by atoms with Crippen molar-refractivity contribution in [1.82, 2.24) is 4.90 Å². The van der Waals surface area contributed by atoms with E-state index in [0.717, 1.165) is 5.56 Å². The number of carbonyl (C=O) groups excluding carboxylic acids is 1. The number of ether oxygens (including phenoxy) is 1. The molecule has 0 unspecified atom stereocenters. The summed E-state index contributed by atoms with van der Waals surface area (Å²) in [5, 5.41) is 0. The van der Waals surface area contributed by atoms with Crippen LogP contribution in [-0.4, -0.2) is 36.5 Å². The third-order valence-electron chi connectivity index (χ3n) is 2.72. The fraction of sp³-hybridized carbons (Fsp3) is 0.500. The van der Waals surface area contributed by atoms with Crippen LogP contribution in [0.25, 0.3) is 0 Å². The second kappa shape index (κ2) is 7.84. The number of rotatable bonds is 7. The lowest BCUT2D eigenvalue weighted by Crippen LogP contribution is -2.39. The molecule has 0 fully saturated rings. The Labute approximate surface area is 109 Å². The molecule has 1 aromatic carbocycles. The molecule has 0 saturated heterocycles. The average molecular weight is 250 g/mol. The van der Waals surface area contributed by atoms with Crippen LogP contribution in [0.4, 0.5) is 0 Å². The van der Waals surface area contributed by atoms with E-state index < -0.39 is 0 Å². The van der Waals surface area contributed by atoms with Crippen molar-refractivity contribution < 1.29 is 9.53 Å². The summed E-state index contributed by atoms with van der Waals surface area (Å²) >= 11 is 0. The summed E-state index contributed by atoms with van der Waals surface area (Å²) in [5.74, 6) is -0.207. The van der Waals surface area contributed by atoms with Crippen LogP contribution in [0.2, 0.25) is 0 Å². The first-order valence-electron chi connectivity index (χ1n) is 6.27. The molecule has 0 spiro atoms. The highest BCUT2D eigenvalue weighted by molar-refractivity contribution is 5.71. The van der Waals surface area contributed by atoms with Crippen LogP contribution in [0.15, 0.2) is 30.3 Å². The molecule has 4 heteroatoms. The zero-order valence-corrected chi connectivity index (χ0v) is 11.1. The summed E-state index contributed by atoms with van der Waals surface area (Å²) in [6, 6.07) is 9.96. The highest BCUT2D eigenvalue weighted by atomic mass is 16.5. The molecule has 0 aliphatic carbocycles. The Morgan fingerprint density at radius 2 is 2.00 bits per heavy atom. The molecular weight excluding hydrogens is 228 g/mol. The van der Waals surface area contributed by atoms with Crippen LogP contribution < -0.4 is 5.73 Å². The molecule has 0 bridgehead atoms. The highest BCUT2D eigenvalue weighted by Crippen LogP contribution is 2.02. The third kappa shape index (κ3) is 5.29. The zero-order chi connectivity index (χ0) is 13.4. The van der Waals surface area contributed by atoms with Gasteiger partial charge in [-0.25, -0.2) is 0 Å². The number of hydrogen-bond acceptors (Lipinski definition) is 4.